The highest BCUT2D eigenvalue weighted by Gasteiger charge is 2.36. The molecule has 17 heavy (non-hydrogen) atoms. The lowest BCUT2D eigenvalue weighted by Gasteiger charge is -2.22. The summed E-state index contributed by atoms with van der Waals surface area (Å²) in [6.45, 7) is 2.49. The summed E-state index contributed by atoms with van der Waals surface area (Å²) in [5.74, 6) is -2.25. The van der Waals surface area contributed by atoms with Crippen LogP contribution in [0.15, 0.2) is 30.3 Å². The van der Waals surface area contributed by atoms with Gasteiger partial charge in [-0.25, -0.2) is 9.59 Å². The van der Waals surface area contributed by atoms with Gasteiger partial charge < -0.3 is 14.9 Å². The number of esters is 1. The van der Waals surface area contributed by atoms with Crippen molar-refractivity contribution >= 4 is 11.9 Å². The van der Waals surface area contributed by atoms with Crippen LogP contribution in [0.4, 0.5) is 0 Å². The van der Waals surface area contributed by atoms with E-state index in [0.717, 1.165) is 0 Å². The van der Waals surface area contributed by atoms with Crippen LogP contribution in [0.25, 0.3) is 0 Å². The van der Waals surface area contributed by atoms with Gasteiger partial charge in [0.25, 0.3) is 0 Å². The molecule has 0 heterocycles. The summed E-state index contributed by atoms with van der Waals surface area (Å²) in [7, 11) is 0. The van der Waals surface area contributed by atoms with Crippen molar-refractivity contribution in [3.63, 3.8) is 0 Å². The second-order valence-electron chi connectivity index (χ2n) is 3.82. The van der Waals surface area contributed by atoms with E-state index in [4.69, 9.17) is 5.11 Å². The molecule has 0 saturated carbocycles. The molecule has 0 radical (unpaired) electrons. The van der Waals surface area contributed by atoms with Crippen LogP contribution in [0.3, 0.4) is 0 Å². The molecule has 1 rings (SSSR count). The third-order valence-electron chi connectivity index (χ3n) is 2.36. The Kier molecular flexibility index (Phi) is 3.85. The maximum absolute atomic E-state index is 11.6. The van der Waals surface area contributed by atoms with Gasteiger partial charge in [-0.15, -0.1) is 0 Å². The van der Waals surface area contributed by atoms with Crippen LogP contribution in [0.1, 0.15) is 19.4 Å². The van der Waals surface area contributed by atoms with Gasteiger partial charge in [-0.1, -0.05) is 30.3 Å². The van der Waals surface area contributed by atoms with Crippen LogP contribution in [0.2, 0.25) is 0 Å². The van der Waals surface area contributed by atoms with E-state index in [1.54, 1.807) is 30.3 Å². The van der Waals surface area contributed by atoms with Crippen molar-refractivity contribution in [2.45, 2.75) is 25.6 Å². The fourth-order valence-corrected chi connectivity index (χ4v) is 1.21. The Balaban J connectivity index is 2.84. The predicted octanol–water partition coefficient (Wildman–Crippen LogP) is 0.910. The summed E-state index contributed by atoms with van der Waals surface area (Å²) in [6.07, 6.45) is -1.29. The molecule has 0 saturated heterocycles. The highest BCUT2D eigenvalue weighted by Crippen LogP contribution is 2.22. The van der Waals surface area contributed by atoms with Crippen molar-refractivity contribution in [1.82, 2.24) is 0 Å². The largest absolute Gasteiger partial charge is 0.479 e. The predicted molar refractivity (Wildman–Crippen MR) is 59.2 cm³/mol. The Labute approximate surface area is 98.6 Å². The number of hydrogen-bond acceptors (Lipinski definition) is 4. The molecule has 1 aromatic carbocycles. The van der Waals surface area contributed by atoms with Crippen molar-refractivity contribution in [1.29, 1.82) is 0 Å². The van der Waals surface area contributed by atoms with E-state index in [0.29, 0.717) is 5.56 Å². The lowest BCUT2D eigenvalue weighted by atomic mass is 9.96. The summed E-state index contributed by atoms with van der Waals surface area (Å²) in [5, 5.41) is 18.6. The van der Waals surface area contributed by atoms with Gasteiger partial charge in [0.15, 0.2) is 11.7 Å². The van der Waals surface area contributed by atoms with Gasteiger partial charge in [-0.3, -0.25) is 0 Å². The van der Waals surface area contributed by atoms with E-state index in [1.807, 2.05) is 0 Å². The van der Waals surface area contributed by atoms with E-state index in [9.17, 15) is 14.7 Å². The quantitative estimate of drug-likeness (QED) is 0.762. The van der Waals surface area contributed by atoms with Crippen LogP contribution in [0.5, 0.6) is 0 Å². The van der Waals surface area contributed by atoms with Gasteiger partial charge in [0.1, 0.15) is 0 Å². The highest BCUT2D eigenvalue weighted by atomic mass is 16.6. The Morgan fingerprint density at radius 2 is 1.82 bits per heavy atom. The first kappa shape index (κ1) is 13.2. The van der Waals surface area contributed by atoms with Crippen molar-refractivity contribution in [3.05, 3.63) is 35.9 Å². The highest BCUT2D eigenvalue weighted by molar-refractivity contribution is 5.83. The molecule has 0 spiro atoms. The van der Waals surface area contributed by atoms with Gasteiger partial charge >= 0.3 is 11.9 Å². The first-order chi connectivity index (χ1) is 7.85. The fraction of sp³-hybridized carbons (Fsp3) is 0.333. The zero-order chi connectivity index (χ0) is 13.1. The summed E-state index contributed by atoms with van der Waals surface area (Å²) < 4.78 is 4.64. The van der Waals surface area contributed by atoms with Gasteiger partial charge in [0, 0.05) is 0 Å². The number of hydrogen-bond donors (Lipinski definition) is 2. The minimum absolute atomic E-state index is 0.350. The average molecular weight is 238 g/mol. The van der Waals surface area contributed by atoms with Gasteiger partial charge in [-0.05, 0) is 19.4 Å². The zero-order valence-corrected chi connectivity index (χ0v) is 9.58. The number of aliphatic carboxylic acids is 1. The van der Waals surface area contributed by atoms with Crippen molar-refractivity contribution in [2.24, 2.45) is 0 Å². The SMILES string of the molecule is CC(OC(=O)C(C)(O)c1ccccc1)C(=O)O. The molecule has 0 aliphatic heterocycles. The van der Waals surface area contributed by atoms with Crippen LogP contribution < -0.4 is 0 Å². The van der Waals surface area contributed by atoms with Crippen molar-refractivity contribution < 1.29 is 24.5 Å². The van der Waals surface area contributed by atoms with E-state index in [1.165, 1.54) is 13.8 Å². The van der Waals surface area contributed by atoms with Crippen molar-refractivity contribution in [3.8, 4) is 0 Å². The third-order valence-corrected chi connectivity index (χ3v) is 2.36. The van der Waals surface area contributed by atoms with Gasteiger partial charge in [0.05, 0.1) is 0 Å². The van der Waals surface area contributed by atoms with Crippen LogP contribution in [-0.4, -0.2) is 28.3 Å². The summed E-state index contributed by atoms with van der Waals surface area (Å²) in [6, 6.07) is 8.19. The molecule has 0 bridgehead atoms. The molecule has 0 amide bonds. The maximum atomic E-state index is 11.6. The molecule has 2 unspecified atom stereocenters. The molecule has 0 aliphatic carbocycles. The minimum atomic E-state index is -1.86. The number of carboxylic acids is 1. The first-order valence-corrected chi connectivity index (χ1v) is 5.07. The number of benzene rings is 1. The third kappa shape index (κ3) is 3.04. The number of carbonyl (C=O) groups excluding carboxylic acids is 1. The van der Waals surface area contributed by atoms with Gasteiger partial charge in [0.2, 0.25) is 0 Å². The minimum Gasteiger partial charge on any atom is -0.479 e. The van der Waals surface area contributed by atoms with E-state index in [2.05, 4.69) is 4.74 Å². The summed E-state index contributed by atoms with van der Waals surface area (Å²) in [4.78, 5) is 22.2. The molecular weight excluding hydrogens is 224 g/mol. The second-order valence-corrected chi connectivity index (χ2v) is 3.82. The molecule has 2 atom stereocenters. The lowest BCUT2D eigenvalue weighted by molar-refractivity contribution is -0.177. The Hall–Kier alpha value is -1.88. The number of aliphatic hydroxyl groups is 1. The topological polar surface area (TPSA) is 83.8 Å². The molecule has 0 fully saturated rings. The Morgan fingerprint density at radius 1 is 1.29 bits per heavy atom. The molecule has 92 valence electrons. The van der Waals surface area contributed by atoms with Crippen molar-refractivity contribution in [2.75, 3.05) is 0 Å². The number of carbonyl (C=O) groups is 2. The summed E-state index contributed by atoms with van der Waals surface area (Å²) in [5.41, 5.74) is -1.51. The van der Waals surface area contributed by atoms with Crippen LogP contribution in [-0.2, 0) is 19.9 Å². The smallest absolute Gasteiger partial charge is 0.344 e. The average Bonchev–Trinajstić information content (AvgIpc) is 2.29. The van der Waals surface area contributed by atoms with Gasteiger partial charge in [-0.2, -0.15) is 0 Å². The monoisotopic (exact) mass is 238 g/mol. The fourth-order valence-electron chi connectivity index (χ4n) is 1.21. The molecule has 0 aliphatic rings. The van der Waals surface area contributed by atoms with E-state index < -0.39 is 23.6 Å². The standard InChI is InChI=1S/C12H14O5/c1-8(10(13)14)17-11(15)12(2,16)9-6-4-3-5-7-9/h3-8,16H,1-2H3,(H,13,14). The van der Waals surface area contributed by atoms with E-state index >= 15 is 0 Å². The van der Waals surface area contributed by atoms with Crippen LogP contribution >= 0.6 is 0 Å². The Morgan fingerprint density at radius 3 is 2.29 bits per heavy atom. The first-order valence-electron chi connectivity index (χ1n) is 5.07. The molecule has 2 N–H and O–H groups in total. The van der Waals surface area contributed by atoms with Crippen LogP contribution in [0, 0.1) is 0 Å². The number of ether oxygens (including phenoxy) is 1. The Bertz CT molecular complexity index is 410. The second kappa shape index (κ2) is 4.97. The zero-order valence-electron chi connectivity index (χ0n) is 9.58. The number of rotatable bonds is 4. The lowest BCUT2D eigenvalue weighted by Crippen LogP contribution is -2.37. The molecular formula is C12H14O5. The molecule has 5 nitrogen and oxygen atoms in total. The maximum Gasteiger partial charge on any atom is 0.344 e. The normalized spacial score (nSPS) is 15.7. The molecule has 0 aromatic heterocycles. The van der Waals surface area contributed by atoms with E-state index in [-0.39, 0.29) is 0 Å². The summed E-state index contributed by atoms with van der Waals surface area (Å²) >= 11 is 0. The molecule has 5 heteroatoms. The number of carboxylic acid groups (broad SMARTS) is 1. The molecule has 1 aromatic rings.